The molecule has 1 aliphatic rings. The molecule has 0 saturated carbocycles. The molecule has 0 radical (unpaired) electrons. The topological polar surface area (TPSA) is 102 Å². The third-order valence-electron chi connectivity index (χ3n) is 3.47. The number of carbonyl (C=O) groups excluding carboxylic acids is 2. The van der Waals surface area contributed by atoms with Crippen LogP contribution in [0.5, 0.6) is 0 Å². The second kappa shape index (κ2) is 6.38. The molecular weight excluding hydrogens is 287 g/mol. The Bertz CT molecular complexity index is 682. The highest BCUT2D eigenvalue weighted by molar-refractivity contribution is 6.26. The van der Waals surface area contributed by atoms with Gasteiger partial charge in [-0.3, -0.25) is 14.6 Å². The molecule has 2 amide bonds. The maximum Gasteiger partial charge on any atom is 0.252 e. The van der Waals surface area contributed by atoms with Crippen LogP contribution in [0.3, 0.4) is 0 Å². The molecule has 0 unspecified atom stereocenters. The lowest BCUT2D eigenvalue weighted by molar-refractivity contribution is -0.118. The van der Waals surface area contributed by atoms with Crippen molar-refractivity contribution in [3.05, 3.63) is 40.7 Å². The van der Waals surface area contributed by atoms with E-state index >= 15 is 0 Å². The molecule has 0 bridgehead atoms. The minimum absolute atomic E-state index is 0.0672. The molecule has 0 atom stereocenters. The first kappa shape index (κ1) is 15.7. The van der Waals surface area contributed by atoms with Gasteiger partial charge in [-0.05, 0) is 36.2 Å². The molecule has 1 heterocycles. The van der Waals surface area contributed by atoms with E-state index in [1.807, 2.05) is 0 Å². The fourth-order valence-corrected chi connectivity index (χ4v) is 2.27. The molecule has 7 heteroatoms. The Kier molecular flexibility index (Phi) is 4.55. The van der Waals surface area contributed by atoms with Gasteiger partial charge in [0.05, 0.1) is 30.1 Å². The lowest BCUT2D eigenvalue weighted by Gasteiger charge is -2.24. The van der Waals surface area contributed by atoms with Crippen LogP contribution in [0.15, 0.2) is 28.8 Å². The van der Waals surface area contributed by atoms with E-state index in [4.69, 9.17) is 11.5 Å². The van der Waals surface area contributed by atoms with Crippen LogP contribution in [0.1, 0.15) is 11.1 Å². The van der Waals surface area contributed by atoms with Gasteiger partial charge >= 0.3 is 0 Å². The summed E-state index contributed by atoms with van der Waals surface area (Å²) in [5.74, 6) is -1.09. The van der Waals surface area contributed by atoms with Gasteiger partial charge in [-0.15, -0.1) is 0 Å². The lowest BCUT2D eigenvalue weighted by atomic mass is 9.99. The molecule has 2 rings (SSSR count). The molecule has 0 spiro atoms. The molecule has 0 saturated heterocycles. The van der Waals surface area contributed by atoms with Crippen molar-refractivity contribution in [2.24, 2.45) is 16.5 Å². The Morgan fingerprint density at radius 3 is 2.73 bits per heavy atom. The number of amides is 2. The van der Waals surface area contributed by atoms with Crippen LogP contribution < -0.4 is 11.5 Å². The summed E-state index contributed by atoms with van der Waals surface area (Å²) in [7, 11) is 0. The van der Waals surface area contributed by atoms with Gasteiger partial charge in [0.1, 0.15) is 5.82 Å². The van der Waals surface area contributed by atoms with Gasteiger partial charge in [0, 0.05) is 6.54 Å². The zero-order valence-electron chi connectivity index (χ0n) is 12.2. The molecule has 1 aromatic rings. The number of benzene rings is 1. The van der Waals surface area contributed by atoms with E-state index < -0.39 is 5.91 Å². The number of nitrogens with zero attached hydrogens (tertiary/aromatic N) is 2. The third kappa shape index (κ3) is 3.13. The SMILES string of the molecule is Cc1cc(C(N)=C(C(N)=O)C2=NCCN(C=O)C2)ccc1F. The first-order valence-electron chi connectivity index (χ1n) is 6.73. The number of aryl methyl sites for hydroxylation is 1. The highest BCUT2D eigenvalue weighted by Gasteiger charge is 2.23. The number of hydrogen-bond acceptors (Lipinski definition) is 4. The Morgan fingerprint density at radius 1 is 1.41 bits per heavy atom. The van der Waals surface area contributed by atoms with Gasteiger partial charge in [0.25, 0.3) is 5.91 Å². The van der Waals surface area contributed by atoms with Gasteiger partial charge < -0.3 is 16.4 Å². The Labute approximate surface area is 127 Å². The zero-order valence-corrected chi connectivity index (χ0v) is 12.2. The molecule has 4 N–H and O–H groups in total. The van der Waals surface area contributed by atoms with Gasteiger partial charge in [-0.25, -0.2) is 4.39 Å². The van der Waals surface area contributed by atoms with Crippen molar-refractivity contribution in [1.29, 1.82) is 0 Å². The van der Waals surface area contributed by atoms with Crippen molar-refractivity contribution < 1.29 is 14.0 Å². The van der Waals surface area contributed by atoms with Crippen LogP contribution in [0.4, 0.5) is 4.39 Å². The predicted molar refractivity (Wildman–Crippen MR) is 81.4 cm³/mol. The summed E-state index contributed by atoms with van der Waals surface area (Å²) < 4.78 is 13.4. The molecule has 0 aliphatic carbocycles. The van der Waals surface area contributed by atoms with Gasteiger partial charge in [-0.2, -0.15) is 0 Å². The van der Waals surface area contributed by atoms with E-state index in [0.29, 0.717) is 36.3 Å². The fourth-order valence-electron chi connectivity index (χ4n) is 2.27. The number of halogens is 1. The standard InChI is InChI=1S/C15H17FN4O2/c1-9-6-10(2-3-11(9)16)14(17)13(15(18)22)12-7-20(8-21)5-4-19-12/h2-3,6,8H,4-5,7,17H2,1H3,(H2,18,22). The largest absolute Gasteiger partial charge is 0.398 e. The number of nitrogens with two attached hydrogens (primary N) is 2. The van der Waals surface area contributed by atoms with Crippen LogP contribution in [-0.2, 0) is 9.59 Å². The normalized spacial score (nSPS) is 15.9. The van der Waals surface area contributed by atoms with Crippen molar-refractivity contribution in [3.63, 3.8) is 0 Å². The predicted octanol–water partition coefficient (Wildman–Crippen LogP) is 0.202. The molecular formula is C15H17FN4O2. The summed E-state index contributed by atoms with van der Waals surface area (Å²) in [5.41, 5.74) is 12.9. The zero-order chi connectivity index (χ0) is 16.3. The number of aliphatic imine (C=N–C) groups is 1. The van der Waals surface area contributed by atoms with E-state index in [0.717, 1.165) is 0 Å². The first-order chi connectivity index (χ1) is 10.4. The molecule has 0 fully saturated rings. The van der Waals surface area contributed by atoms with Crippen LogP contribution in [0, 0.1) is 12.7 Å². The summed E-state index contributed by atoms with van der Waals surface area (Å²) in [6, 6.07) is 4.28. The Morgan fingerprint density at radius 2 is 2.14 bits per heavy atom. The Balaban J connectivity index is 2.49. The molecule has 6 nitrogen and oxygen atoms in total. The van der Waals surface area contributed by atoms with E-state index in [-0.39, 0.29) is 23.6 Å². The number of hydrogen-bond donors (Lipinski definition) is 2. The van der Waals surface area contributed by atoms with Crippen molar-refractivity contribution in [1.82, 2.24) is 4.90 Å². The van der Waals surface area contributed by atoms with E-state index in [2.05, 4.69) is 4.99 Å². The smallest absolute Gasteiger partial charge is 0.252 e. The molecule has 22 heavy (non-hydrogen) atoms. The van der Waals surface area contributed by atoms with Crippen LogP contribution in [0.2, 0.25) is 0 Å². The second-order valence-electron chi connectivity index (χ2n) is 5.02. The summed E-state index contributed by atoms with van der Waals surface area (Å²) in [4.78, 5) is 28.4. The molecule has 116 valence electrons. The van der Waals surface area contributed by atoms with Gasteiger partial charge in [0.2, 0.25) is 6.41 Å². The summed E-state index contributed by atoms with van der Waals surface area (Å²) in [6.07, 6.45) is 0.686. The highest BCUT2D eigenvalue weighted by Crippen LogP contribution is 2.19. The average molecular weight is 304 g/mol. The lowest BCUT2D eigenvalue weighted by Crippen LogP contribution is -2.39. The van der Waals surface area contributed by atoms with Crippen LogP contribution in [-0.4, -0.2) is 42.6 Å². The van der Waals surface area contributed by atoms with Crippen LogP contribution >= 0.6 is 0 Å². The van der Waals surface area contributed by atoms with E-state index in [9.17, 15) is 14.0 Å². The highest BCUT2D eigenvalue weighted by atomic mass is 19.1. The maximum absolute atomic E-state index is 13.4. The van der Waals surface area contributed by atoms with Gasteiger partial charge in [-0.1, -0.05) is 0 Å². The second-order valence-corrected chi connectivity index (χ2v) is 5.02. The minimum Gasteiger partial charge on any atom is -0.398 e. The van der Waals surface area contributed by atoms with Crippen molar-refractivity contribution in [2.75, 3.05) is 19.6 Å². The maximum atomic E-state index is 13.4. The van der Waals surface area contributed by atoms with Crippen molar-refractivity contribution in [3.8, 4) is 0 Å². The average Bonchev–Trinajstić information content (AvgIpc) is 2.50. The number of primary amides is 1. The number of carbonyl (C=O) groups is 2. The van der Waals surface area contributed by atoms with Crippen molar-refractivity contribution >= 4 is 23.7 Å². The van der Waals surface area contributed by atoms with Crippen molar-refractivity contribution in [2.45, 2.75) is 6.92 Å². The molecule has 1 aromatic carbocycles. The summed E-state index contributed by atoms with van der Waals surface area (Å²) >= 11 is 0. The van der Waals surface area contributed by atoms with Gasteiger partial charge in [0.15, 0.2) is 0 Å². The summed E-state index contributed by atoms with van der Waals surface area (Å²) in [5, 5.41) is 0. The molecule has 1 aliphatic heterocycles. The third-order valence-corrected chi connectivity index (χ3v) is 3.47. The fraction of sp³-hybridized carbons (Fsp3) is 0.267. The number of rotatable bonds is 4. The minimum atomic E-state index is -0.731. The quantitative estimate of drug-likeness (QED) is 0.613. The van der Waals surface area contributed by atoms with Crippen LogP contribution in [0.25, 0.3) is 5.70 Å². The van der Waals surface area contributed by atoms with E-state index in [1.54, 1.807) is 6.92 Å². The first-order valence-corrected chi connectivity index (χ1v) is 6.73. The monoisotopic (exact) mass is 304 g/mol. The van der Waals surface area contributed by atoms with E-state index in [1.165, 1.54) is 23.1 Å². The summed E-state index contributed by atoms with van der Waals surface area (Å²) in [6.45, 7) is 2.63. The Hall–Kier alpha value is -2.70. The molecule has 0 aromatic heterocycles.